The minimum absolute atomic E-state index is 0. The second kappa shape index (κ2) is 17.7. The topological polar surface area (TPSA) is 261 Å². The van der Waals surface area contributed by atoms with E-state index in [-0.39, 0.29) is 52.7 Å². The van der Waals surface area contributed by atoms with Crippen LogP contribution in [0.2, 0.25) is 0 Å². The van der Waals surface area contributed by atoms with E-state index in [9.17, 15) is 44.7 Å². The van der Waals surface area contributed by atoms with Gasteiger partial charge in [0.15, 0.2) is 17.9 Å². The highest BCUT2D eigenvalue weighted by Gasteiger charge is 2.50. The van der Waals surface area contributed by atoms with E-state index >= 15 is 0 Å². The molecule has 1 saturated heterocycles. The summed E-state index contributed by atoms with van der Waals surface area (Å²) in [6.45, 7) is 2.73. The monoisotopic (exact) mass is 737 g/mol. The van der Waals surface area contributed by atoms with Crippen LogP contribution in [0.3, 0.4) is 0 Å². The molecule has 0 radical (unpaired) electrons. The average Bonchev–Trinajstić information content (AvgIpc) is 3.10. The van der Waals surface area contributed by atoms with E-state index in [1.807, 2.05) is 0 Å². The first-order valence-corrected chi connectivity index (χ1v) is 16.7. The lowest BCUT2D eigenvalue weighted by Gasteiger charge is -2.42. The molecule has 0 spiro atoms. The zero-order valence-corrected chi connectivity index (χ0v) is 29.7. The van der Waals surface area contributed by atoms with Gasteiger partial charge in [-0.3, -0.25) is 24.6 Å². The third-order valence-corrected chi connectivity index (χ3v) is 9.47. The number of hydrogen-bond donors (Lipinski definition) is 8. The van der Waals surface area contributed by atoms with Crippen molar-refractivity contribution in [3.63, 3.8) is 0 Å². The van der Waals surface area contributed by atoms with Crippen molar-refractivity contribution in [1.82, 2.24) is 5.43 Å². The Hall–Kier alpha value is -3.67. The third kappa shape index (κ3) is 8.53. The third-order valence-electron chi connectivity index (χ3n) is 9.47. The number of ether oxygens (including phenoxy) is 3. The van der Waals surface area contributed by atoms with Crippen molar-refractivity contribution in [3.05, 3.63) is 51.6 Å². The minimum atomic E-state index is -2.24. The molecule has 16 heteroatoms. The number of unbranched alkanes of at least 4 members (excludes halogenated alkanes) is 4. The van der Waals surface area contributed by atoms with Crippen LogP contribution in [0.15, 0.2) is 18.2 Å². The Kier molecular flexibility index (Phi) is 14.5. The highest BCUT2D eigenvalue weighted by Crippen LogP contribution is 2.52. The van der Waals surface area contributed by atoms with Gasteiger partial charge in [0.1, 0.15) is 29.5 Å². The van der Waals surface area contributed by atoms with Gasteiger partial charge in [-0.25, -0.2) is 5.84 Å². The zero-order chi connectivity index (χ0) is 36.9. The van der Waals surface area contributed by atoms with E-state index in [1.165, 1.54) is 44.6 Å². The van der Waals surface area contributed by atoms with Crippen LogP contribution in [0.4, 0.5) is 0 Å². The number of hydrazine groups is 1. The van der Waals surface area contributed by atoms with Gasteiger partial charge in [0, 0.05) is 48.4 Å². The van der Waals surface area contributed by atoms with E-state index in [0.29, 0.717) is 6.42 Å². The van der Waals surface area contributed by atoms with Crippen LogP contribution < -0.4 is 21.7 Å². The number of aliphatic hydroxyl groups excluding tert-OH is 2. The molecule has 1 aliphatic heterocycles. The fourth-order valence-corrected chi connectivity index (χ4v) is 6.71. The predicted molar refractivity (Wildman–Crippen MR) is 185 cm³/mol. The molecule has 0 bridgehead atoms. The molecule has 1 heterocycles. The number of carbonyl (C=O) groups is 4. The molecule has 15 nitrogen and oxygen atoms in total. The molecular weight excluding hydrogens is 690 g/mol. The molecule has 0 saturated carbocycles. The molecule has 6 atom stereocenters. The standard InChI is InChI=1S/C27H29NO11.C8H18N2O.ClH/c1-10-22(31)13(28)6-17(38-10)39-15-8-27(36,16(30)9-29)7-12-19(15)26(35)21-20(24(12)33)23(32)11-4-3-5-14(37-2)18(11)25(21)34;1-2-3-4-5-6-7-8(11)10-9;/h3-5,10,13,15,17,22,29,31,33,35-36H,6-9,28H2,1-2H3;2-7,9H2,1H3,(H,10,11);1H/t10-,13-,15-,17-,22+,27-;;/m0../s1. The number of amides is 1. The lowest BCUT2D eigenvalue weighted by Crippen LogP contribution is -2.53. The Morgan fingerprint density at radius 2 is 1.73 bits per heavy atom. The Morgan fingerprint density at radius 1 is 1.06 bits per heavy atom. The van der Waals surface area contributed by atoms with Gasteiger partial charge in [0.05, 0.1) is 42.1 Å². The molecular formula is C35H48ClN3O12. The largest absolute Gasteiger partial charge is 0.507 e. The van der Waals surface area contributed by atoms with E-state index in [1.54, 1.807) is 6.92 Å². The first-order valence-electron chi connectivity index (χ1n) is 16.7. The van der Waals surface area contributed by atoms with Gasteiger partial charge in [-0.05, 0) is 19.4 Å². The summed E-state index contributed by atoms with van der Waals surface area (Å²) < 4.78 is 17.0. The summed E-state index contributed by atoms with van der Waals surface area (Å²) in [5.41, 5.74) is 4.49. The fraction of sp³-hybridized carbons (Fsp3) is 0.543. The number of methoxy groups -OCH3 is 1. The molecule has 51 heavy (non-hydrogen) atoms. The summed E-state index contributed by atoms with van der Waals surface area (Å²) >= 11 is 0. The van der Waals surface area contributed by atoms with Gasteiger partial charge in [-0.15, -0.1) is 12.4 Å². The smallest absolute Gasteiger partial charge is 0.233 e. The van der Waals surface area contributed by atoms with E-state index in [2.05, 4.69) is 12.3 Å². The minimum Gasteiger partial charge on any atom is -0.507 e. The number of carbonyl (C=O) groups excluding carboxylic acids is 4. The molecule has 282 valence electrons. The Labute approximate surface area is 301 Å². The van der Waals surface area contributed by atoms with Crippen LogP contribution in [0.5, 0.6) is 17.2 Å². The number of rotatable bonds is 11. The van der Waals surface area contributed by atoms with Gasteiger partial charge in [0.2, 0.25) is 11.7 Å². The number of Topliss-reactive ketones (excluding diaryl/α,β-unsaturated/α-hetero) is 1. The van der Waals surface area contributed by atoms with E-state index in [0.717, 1.165) is 12.8 Å². The van der Waals surface area contributed by atoms with E-state index in [4.69, 9.17) is 25.8 Å². The van der Waals surface area contributed by atoms with Crippen LogP contribution in [0, 0.1) is 0 Å². The molecule has 2 aromatic carbocycles. The number of fused-ring (bicyclic) bond motifs is 3. The molecule has 2 aliphatic carbocycles. The molecule has 3 aliphatic rings. The Balaban J connectivity index is 0.000000508. The number of halogens is 1. The summed E-state index contributed by atoms with van der Waals surface area (Å²) in [6.07, 6.45) is 1.29. The molecule has 10 N–H and O–H groups in total. The number of phenolic OH excluding ortho intramolecular Hbond substituents is 2. The van der Waals surface area contributed by atoms with Crippen molar-refractivity contribution >= 4 is 35.7 Å². The SMILES string of the molecule is CCCCCCCC(=O)NN.COc1cccc2c1C(=O)c1c(O)c3c(c(O)c1C2=O)C[C@@](O)(C(=O)CO)C[C@@H]3O[C@H]1C[C@H](N)[C@H](O)[C@H](C)O1.Cl. The summed E-state index contributed by atoms with van der Waals surface area (Å²) in [4.78, 5) is 50.3. The molecule has 0 aromatic heterocycles. The number of aromatic hydroxyl groups is 2. The number of hydrogen-bond acceptors (Lipinski definition) is 14. The van der Waals surface area contributed by atoms with E-state index < -0.39 is 95.7 Å². The number of aliphatic hydroxyl groups is 3. The van der Waals surface area contributed by atoms with Gasteiger partial charge in [-0.1, -0.05) is 44.7 Å². The van der Waals surface area contributed by atoms with Crippen molar-refractivity contribution < 1.29 is 58.9 Å². The lowest BCUT2D eigenvalue weighted by molar-refractivity contribution is -0.247. The normalized spacial score (nSPS) is 24.9. The molecule has 0 unspecified atom stereocenters. The summed E-state index contributed by atoms with van der Waals surface area (Å²) in [6, 6.07) is 3.64. The van der Waals surface area contributed by atoms with Crippen molar-refractivity contribution in [2.24, 2.45) is 11.6 Å². The zero-order valence-electron chi connectivity index (χ0n) is 28.8. The van der Waals surface area contributed by atoms with Crippen molar-refractivity contribution in [2.45, 2.75) is 108 Å². The number of nitrogens with one attached hydrogen (secondary N) is 1. The summed E-state index contributed by atoms with van der Waals surface area (Å²) in [5, 5.41) is 53.7. The maximum Gasteiger partial charge on any atom is 0.233 e. The van der Waals surface area contributed by atoms with Gasteiger partial charge in [0.25, 0.3) is 0 Å². The summed E-state index contributed by atoms with van der Waals surface area (Å²) in [5.74, 6) is 1.08. The first-order chi connectivity index (χ1) is 23.7. The first kappa shape index (κ1) is 41.7. The maximum atomic E-state index is 13.6. The van der Waals surface area contributed by atoms with Gasteiger partial charge >= 0.3 is 0 Å². The second-order valence-electron chi connectivity index (χ2n) is 12.9. The predicted octanol–water partition coefficient (Wildman–Crippen LogP) is 1.76. The Bertz CT molecular complexity index is 1610. The summed E-state index contributed by atoms with van der Waals surface area (Å²) in [7, 11) is 1.32. The average molecular weight is 738 g/mol. The van der Waals surface area contributed by atoms with Gasteiger partial charge in [-0.2, -0.15) is 0 Å². The van der Waals surface area contributed by atoms with Crippen molar-refractivity contribution in [2.75, 3.05) is 13.7 Å². The fourth-order valence-electron chi connectivity index (χ4n) is 6.71. The molecule has 1 amide bonds. The van der Waals surface area contributed by atoms with Crippen molar-refractivity contribution in [1.29, 1.82) is 0 Å². The maximum absolute atomic E-state index is 13.6. The van der Waals surface area contributed by atoms with Crippen molar-refractivity contribution in [3.8, 4) is 17.2 Å². The molecule has 1 fully saturated rings. The molecule has 2 aromatic rings. The number of benzene rings is 2. The highest BCUT2D eigenvalue weighted by atomic mass is 35.5. The lowest BCUT2D eigenvalue weighted by atomic mass is 9.72. The highest BCUT2D eigenvalue weighted by molar-refractivity contribution is 6.31. The number of phenols is 2. The van der Waals surface area contributed by atoms with Crippen LogP contribution in [-0.2, 0) is 25.5 Å². The second-order valence-corrected chi connectivity index (χ2v) is 12.9. The van der Waals surface area contributed by atoms with Crippen LogP contribution in [0.25, 0.3) is 0 Å². The molecule has 5 rings (SSSR count). The van der Waals surface area contributed by atoms with Gasteiger partial charge < -0.3 is 45.5 Å². The quantitative estimate of drug-likeness (QED) is 0.0459. The Morgan fingerprint density at radius 3 is 2.33 bits per heavy atom. The van der Waals surface area contributed by atoms with Crippen LogP contribution >= 0.6 is 12.4 Å². The van der Waals surface area contributed by atoms with Crippen LogP contribution in [-0.4, -0.2) is 92.6 Å². The number of nitrogens with two attached hydrogens (primary N) is 2. The van der Waals surface area contributed by atoms with Crippen LogP contribution in [0.1, 0.15) is 114 Å². The number of ketones is 3.